The van der Waals surface area contributed by atoms with E-state index in [2.05, 4.69) is 4.98 Å². The monoisotopic (exact) mass is 318 g/mol. The van der Waals surface area contributed by atoms with Gasteiger partial charge in [-0.2, -0.15) is 13.2 Å². The predicted octanol–water partition coefficient (Wildman–Crippen LogP) is 2.28. The Balaban J connectivity index is 2.09. The van der Waals surface area contributed by atoms with E-state index in [4.69, 9.17) is 10.2 Å². The lowest BCUT2D eigenvalue weighted by Gasteiger charge is -2.32. The molecule has 1 aliphatic rings. The summed E-state index contributed by atoms with van der Waals surface area (Å²) in [6.45, 7) is 0.377. The van der Waals surface area contributed by atoms with Crippen LogP contribution < -0.4 is 4.90 Å². The predicted molar refractivity (Wildman–Crippen MR) is 72.4 cm³/mol. The van der Waals surface area contributed by atoms with Crippen molar-refractivity contribution in [2.45, 2.75) is 32.0 Å². The van der Waals surface area contributed by atoms with E-state index in [0.717, 1.165) is 6.20 Å². The fourth-order valence-corrected chi connectivity index (χ4v) is 2.66. The van der Waals surface area contributed by atoms with Crippen LogP contribution in [-0.4, -0.2) is 34.3 Å². The lowest BCUT2D eigenvalue weighted by molar-refractivity contribution is -0.139. The molecule has 0 saturated carbocycles. The van der Waals surface area contributed by atoms with Crippen LogP contribution in [0, 0.1) is 5.92 Å². The number of aliphatic carboxylic acids is 1. The Labute approximate surface area is 125 Å². The smallest absolute Gasteiger partial charge is 0.418 e. The van der Waals surface area contributed by atoms with Crippen molar-refractivity contribution in [2.75, 3.05) is 18.0 Å². The van der Waals surface area contributed by atoms with Gasteiger partial charge in [0.05, 0.1) is 12.2 Å². The van der Waals surface area contributed by atoms with E-state index in [1.165, 1.54) is 6.07 Å². The first-order chi connectivity index (χ1) is 10.3. The van der Waals surface area contributed by atoms with Gasteiger partial charge in [-0.15, -0.1) is 0 Å². The van der Waals surface area contributed by atoms with Crippen LogP contribution in [0.1, 0.15) is 30.4 Å². The minimum Gasteiger partial charge on any atom is -0.481 e. The standard InChI is InChI=1S/C14H17F3N2O3/c15-14(16,17)11-7-18-12(6-10(11)8-20)19-3-1-9(2-4-19)5-13(21)22/h6-7,9,20H,1-5,8H2,(H,21,22). The van der Waals surface area contributed by atoms with Crippen molar-refractivity contribution >= 4 is 11.8 Å². The number of aliphatic hydroxyl groups excluding tert-OH is 1. The number of halogens is 3. The second-order valence-electron chi connectivity index (χ2n) is 5.38. The molecule has 122 valence electrons. The molecule has 2 N–H and O–H groups in total. The highest BCUT2D eigenvalue weighted by Gasteiger charge is 2.34. The zero-order chi connectivity index (χ0) is 16.3. The van der Waals surface area contributed by atoms with Crippen LogP contribution in [0.3, 0.4) is 0 Å². The summed E-state index contributed by atoms with van der Waals surface area (Å²) < 4.78 is 38.3. The fraction of sp³-hybridized carbons (Fsp3) is 0.571. The van der Waals surface area contributed by atoms with E-state index < -0.39 is 24.3 Å². The van der Waals surface area contributed by atoms with Gasteiger partial charge in [-0.25, -0.2) is 4.98 Å². The van der Waals surface area contributed by atoms with Crippen LogP contribution in [0.4, 0.5) is 19.0 Å². The number of carbonyl (C=O) groups is 1. The largest absolute Gasteiger partial charge is 0.481 e. The summed E-state index contributed by atoms with van der Waals surface area (Å²) in [6.07, 6.45) is -2.38. The molecule has 1 saturated heterocycles. The summed E-state index contributed by atoms with van der Waals surface area (Å²) >= 11 is 0. The van der Waals surface area contributed by atoms with Crippen molar-refractivity contribution in [3.8, 4) is 0 Å². The number of carboxylic acids is 1. The zero-order valence-electron chi connectivity index (χ0n) is 11.8. The summed E-state index contributed by atoms with van der Waals surface area (Å²) in [5.41, 5.74) is -1.13. The molecule has 0 amide bonds. The number of anilines is 1. The van der Waals surface area contributed by atoms with Gasteiger partial charge >= 0.3 is 12.1 Å². The van der Waals surface area contributed by atoms with Crippen molar-refractivity contribution in [2.24, 2.45) is 5.92 Å². The van der Waals surface area contributed by atoms with Gasteiger partial charge in [-0.3, -0.25) is 4.79 Å². The second-order valence-corrected chi connectivity index (χ2v) is 5.38. The number of hydrogen-bond donors (Lipinski definition) is 2. The molecule has 0 aromatic carbocycles. The third kappa shape index (κ3) is 3.88. The first-order valence-electron chi connectivity index (χ1n) is 6.95. The molecule has 1 fully saturated rings. The van der Waals surface area contributed by atoms with Gasteiger partial charge < -0.3 is 15.1 Å². The average molecular weight is 318 g/mol. The minimum absolute atomic E-state index is 0.0838. The zero-order valence-corrected chi connectivity index (χ0v) is 11.8. The van der Waals surface area contributed by atoms with Crippen LogP contribution in [0.15, 0.2) is 12.3 Å². The van der Waals surface area contributed by atoms with Crippen molar-refractivity contribution in [1.29, 1.82) is 0 Å². The van der Waals surface area contributed by atoms with Crippen LogP contribution >= 0.6 is 0 Å². The molecule has 22 heavy (non-hydrogen) atoms. The van der Waals surface area contributed by atoms with Gasteiger partial charge in [0, 0.05) is 25.7 Å². The minimum atomic E-state index is -4.54. The second kappa shape index (κ2) is 6.51. The molecule has 2 heterocycles. The first kappa shape index (κ1) is 16.5. The highest BCUT2D eigenvalue weighted by molar-refractivity contribution is 5.67. The number of rotatable bonds is 4. The first-order valence-corrected chi connectivity index (χ1v) is 6.95. The SMILES string of the molecule is O=C(O)CC1CCN(c2cc(CO)c(C(F)(F)F)cn2)CC1. The molecule has 1 aromatic heterocycles. The number of aliphatic hydroxyl groups is 1. The van der Waals surface area contributed by atoms with E-state index in [-0.39, 0.29) is 17.9 Å². The van der Waals surface area contributed by atoms with Crippen molar-refractivity contribution in [3.63, 3.8) is 0 Å². The number of pyridine rings is 1. The summed E-state index contributed by atoms with van der Waals surface area (Å²) in [5, 5.41) is 17.9. The normalized spacial score (nSPS) is 16.8. The average Bonchev–Trinajstić information content (AvgIpc) is 2.46. The Morgan fingerprint density at radius 1 is 1.36 bits per heavy atom. The molecule has 5 nitrogen and oxygen atoms in total. The highest BCUT2D eigenvalue weighted by atomic mass is 19.4. The maximum Gasteiger partial charge on any atom is 0.418 e. The van der Waals surface area contributed by atoms with E-state index in [1.54, 1.807) is 0 Å². The molecule has 1 aromatic rings. The van der Waals surface area contributed by atoms with Crippen LogP contribution in [0.5, 0.6) is 0 Å². The van der Waals surface area contributed by atoms with Gasteiger partial charge in [-0.05, 0) is 30.4 Å². The molecule has 1 aliphatic heterocycles. The molecule has 8 heteroatoms. The molecular formula is C14H17F3N2O3. The van der Waals surface area contributed by atoms with Crippen LogP contribution in [0.25, 0.3) is 0 Å². The number of alkyl halides is 3. The van der Waals surface area contributed by atoms with Crippen molar-refractivity contribution < 1.29 is 28.2 Å². The molecule has 0 radical (unpaired) electrons. The van der Waals surface area contributed by atoms with Gasteiger partial charge in [-0.1, -0.05) is 0 Å². The third-order valence-corrected chi connectivity index (χ3v) is 3.85. The van der Waals surface area contributed by atoms with E-state index in [1.807, 2.05) is 4.90 Å². The van der Waals surface area contributed by atoms with E-state index in [9.17, 15) is 18.0 Å². The Kier molecular flexibility index (Phi) is 4.90. The third-order valence-electron chi connectivity index (χ3n) is 3.85. The Morgan fingerprint density at radius 2 is 2.00 bits per heavy atom. The quantitative estimate of drug-likeness (QED) is 0.891. The Morgan fingerprint density at radius 3 is 2.50 bits per heavy atom. The van der Waals surface area contributed by atoms with Crippen molar-refractivity contribution in [1.82, 2.24) is 4.98 Å². The van der Waals surface area contributed by atoms with Crippen LogP contribution in [-0.2, 0) is 17.6 Å². The van der Waals surface area contributed by atoms with Gasteiger partial charge in [0.15, 0.2) is 0 Å². The number of aromatic nitrogens is 1. The number of hydrogen-bond acceptors (Lipinski definition) is 4. The molecule has 0 aliphatic carbocycles. The maximum absolute atomic E-state index is 12.8. The molecule has 0 atom stereocenters. The Bertz CT molecular complexity index is 541. The summed E-state index contributed by atoms with van der Waals surface area (Å²) in [7, 11) is 0. The van der Waals surface area contributed by atoms with Gasteiger partial charge in [0.1, 0.15) is 5.82 Å². The summed E-state index contributed by atoms with van der Waals surface area (Å²) in [5.74, 6) is -0.375. The lowest BCUT2D eigenvalue weighted by Crippen LogP contribution is -2.35. The van der Waals surface area contributed by atoms with Gasteiger partial charge in [0.25, 0.3) is 0 Å². The molecular weight excluding hydrogens is 301 g/mol. The molecule has 2 rings (SSSR count). The topological polar surface area (TPSA) is 73.7 Å². The summed E-state index contributed by atoms with van der Waals surface area (Å²) in [4.78, 5) is 16.3. The number of piperidine rings is 1. The van der Waals surface area contributed by atoms with Gasteiger partial charge in [0.2, 0.25) is 0 Å². The molecule has 0 unspecified atom stereocenters. The number of nitrogens with zero attached hydrogens (tertiary/aromatic N) is 2. The Hall–Kier alpha value is -1.83. The van der Waals surface area contributed by atoms with Crippen LogP contribution in [0.2, 0.25) is 0 Å². The van der Waals surface area contributed by atoms with Crippen molar-refractivity contribution in [3.05, 3.63) is 23.4 Å². The number of carboxylic acid groups (broad SMARTS) is 1. The molecule has 0 spiro atoms. The maximum atomic E-state index is 12.8. The fourth-order valence-electron chi connectivity index (χ4n) is 2.66. The lowest BCUT2D eigenvalue weighted by atomic mass is 9.93. The highest BCUT2D eigenvalue weighted by Crippen LogP contribution is 2.33. The molecule has 0 bridgehead atoms. The summed E-state index contributed by atoms with van der Waals surface area (Å²) in [6, 6.07) is 1.25. The van der Waals surface area contributed by atoms with E-state index >= 15 is 0 Å². The van der Waals surface area contributed by atoms with E-state index in [0.29, 0.717) is 31.7 Å².